The fourth-order valence-electron chi connectivity index (χ4n) is 12.0. The minimum Gasteiger partial charge on any atom is -0.460 e. The molecule has 12 nitrogen and oxygen atoms in total. The fourth-order valence-corrected chi connectivity index (χ4v) is 12.0. The molecule has 0 heterocycles. The molecule has 2 aliphatic carbocycles. The van der Waals surface area contributed by atoms with Crippen molar-refractivity contribution in [3.05, 3.63) is 143 Å². The van der Waals surface area contributed by atoms with Crippen LogP contribution in [-0.2, 0) is 58.5 Å². The lowest BCUT2D eigenvalue weighted by atomic mass is 9.80. The molecule has 7 rings (SSSR count). The van der Waals surface area contributed by atoms with Gasteiger partial charge in [-0.05, 0) is 299 Å². The van der Waals surface area contributed by atoms with Crippen LogP contribution < -0.4 is 9.47 Å². The Morgan fingerprint density at radius 2 is 0.733 bits per heavy atom. The molecule has 135 heavy (non-hydrogen) atoms. The molecule has 22 heteroatoms. The maximum Gasteiger partial charge on any atom is 0.425 e. The van der Waals surface area contributed by atoms with Crippen LogP contribution in [0.2, 0.25) is 0 Å². The predicted molar refractivity (Wildman–Crippen MR) is 542 cm³/mol. The van der Waals surface area contributed by atoms with Gasteiger partial charge < -0.3 is 28.4 Å². The van der Waals surface area contributed by atoms with E-state index in [9.17, 15) is 72.7 Å². The Balaban J connectivity index is -0.000000481. The summed E-state index contributed by atoms with van der Waals surface area (Å²) in [5, 5.41) is 2.69. The van der Waals surface area contributed by atoms with Gasteiger partial charge in [0.05, 0.1) is 32.5 Å². The quantitative estimate of drug-likeness (QED) is 0.0193. The highest BCUT2D eigenvalue weighted by Gasteiger charge is 2.84. The van der Waals surface area contributed by atoms with E-state index in [1.54, 1.807) is 20.8 Å². The lowest BCUT2D eigenvalue weighted by molar-refractivity contribution is -0.409. The van der Waals surface area contributed by atoms with Gasteiger partial charge in [-0.1, -0.05) is 278 Å². The number of halogens is 10. The second-order valence-corrected chi connectivity index (χ2v) is 42.3. The smallest absolute Gasteiger partial charge is 0.425 e. The van der Waals surface area contributed by atoms with Crippen LogP contribution in [0, 0.1) is 32.5 Å². The number of alkyl halides is 10. The number of carbonyl (C=O) groups excluding carboxylic acids is 6. The zero-order valence-corrected chi connectivity index (χ0v) is 86.8. The van der Waals surface area contributed by atoms with Crippen molar-refractivity contribution in [1.29, 1.82) is 0 Å². The molecule has 0 aliphatic heterocycles. The first-order valence-electron chi connectivity index (χ1n) is 47.8. The predicted octanol–water partition coefficient (Wildman–Crippen LogP) is 35.9. The van der Waals surface area contributed by atoms with Crippen molar-refractivity contribution in [3.63, 3.8) is 0 Å². The highest BCUT2D eigenvalue weighted by atomic mass is 19.4. The Morgan fingerprint density at radius 1 is 0.370 bits per heavy atom. The summed E-state index contributed by atoms with van der Waals surface area (Å²) in [6, 6.07) is 40.3. The summed E-state index contributed by atoms with van der Waals surface area (Å²) in [5.41, 5.74) is 2.34. The summed E-state index contributed by atoms with van der Waals surface area (Å²) in [6.07, 6.45) is 9.00. The van der Waals surface area contributed by atoms with Crippen molar-refractivity contribution in [3.8, 4) is 11.5 Å². The molecule has 2 fully saturated rings. The Hall–Kier alpha value is -7.52. The van der Waals surface area contributed by atoms with Crippen molar-refractivity contribution in [2.75, 3.05) is 0 Å². The molecule has 0 N–H and O–H groups in total. The molecule has 4 atom stereocenters. The number of carbonyl (C=O) groups is 6. The first-order chi connectivity index (χ1) is 59.8. The van der Waals surface area contributed by atoms with Crippen LogP contribution >= 0.6 is 0 Å². The van der Waals surface area contributed by atoms with E-state index >= 15 is 0 Å². The van der Waals surface area contributed by atoms with Crippen molar-refractivity contribution in [2.45, 2.75) is 483 Å². The van der Waals surface area contributed by atoms with E-state index in [1.807, 2.05) is 128 Å². The molecule has 2 saturated carbocycles. The lowest BCUT2D eigenvalue weighted by Crippen LogP contribution is -2.69. The van der Waals surface area contributed by atoms with Gasteiger partial charge in [0.15, 0.2) is 6.10 Å². The van der Waals surface area contributed by atoms with Gasteiger partial charge in [0.1, 0.15) is 22.7 Å². The minimum atomic E-state index is -5.95. The maximum absolute atomic E-state index is 14.1. The normalized spacial score (nSPS) is 16.2. The number of esters is 6. The van der Waals surface area contributed by atoms with E-state index in [4.69, 9.17) is 18.9 Å². The number of benzene rings is 5. The van der Waals surface area contributed by atoms with Crippen LogP contribution in [0.5, 0.6) is 11.5 Å². The van der Waals surface area contributed by atoms with E-state index in [0.29, 0.717) is 35.7 Å². The first-order valence-corrected chi connectivity index (χ1v) is 47.8. The molecule has 0 aromatic heterocycles. The summed E-state index contributed by atoms with van der Waals surface area (Å²) >= 11 is 0. The summed E-state index contributed by atoms with van der Waals surface area (Å²) in [4.78, 5) is 70.8. The molecule has 2 aliphatic rings. The molecule has 0 radical (unpaired) electrons. The molecular formula is C113H186F10O12. The third-order valence-electron chi connectivity index (χ3n) is 25.7. The number of hydrogen-bond donors (Lipinski definition) is 0. The van der Waals surface area contributed by atoms with E-state index < -0.39 is 82.3 Å². The van der Waals surface area contributed by atoms with Crippen molar-refractivity contribution >= 4 is 46.6 Å². The van der Waals surface area contributed by atoms with E-state index in [2.05, 4.69) is 190 Å². The first kappa shape index (κ1) is 136. The SMILES string of the molecule is C.C.C.C.CCC(C)(C)C(=O)OC(C)(C)C.CCC(C)(C)C(=O)OC(C)C(F)(F)F.CCC(C)(C)C(=O)OC1(F)CCC(F)(F)C(F)(F)C1(F)F.CCC(C)(C)C(=O)Oc1cc(C(C)(C)C)cc(C(C)(C)C)c1.CCC(C)c1ccc2ccccc2c1.CCC(C)c1ccccc1.CCC1(OC(=O)C(C)(C)CC)CCCC1.CCCCC(CCCC)c1ccc(OC(=O)C(C)(C)CC)cc1. The topological polar surface area (TPSA) is 158 Å². The standard InChI is InChI=1S/C21H34O2.C20H32O2.C14H16.C13H24O2.C12H15F7O2.C10H20O2.C10H14.C9H15F3O2.4CH4/c1-6-9-11-17(12-10-7-2)18-13-15-19(16-14-18)23-20(22)21(4,5)8-3;1-10-20(8,9)17(21)22-16-12-14(18(2,3)4)11-15(13-16)19(5,6)7;1-3-11(2)13-9-8-12-6-4-5-7-14(12)10-13;1-5-12(3,4)11(14)15-13(6-2)9-7-8-10-13;1-4-8(2,3)7(20)21-10(15)6-5-9(13,14)11(16,17)12(10,18)19;1-7-10(5,6)8(11)12-9(2,3)4;1-3-9(2)10-7-5-4-6-8-10;1-5-8(3,4)7(13)14-6(2)9(10,11)12;;;;/h13-17H,6-12H2,1-5H3;11-13H,10H2,1-9H3;4-11H,3H2,1-2H3;5-10H2,1-4H3;4-6H2,1-3H3;7H2,1-6H3;4-9H,3H2,1-2H3;6H,5H2,1-4H3;4*1H4. The van der Waals surface area contributed by atoms with Crippen LogP contribution in [-0.4, -0.2) is 82.9 Å². The van der Waals surface area contributed by atoms with Crippen LogP contribution in [0.25, 0.3) is 10.8 Å². The van der Waals surface area contributed by atoms with Gasteiger partial charge in [-0.25, -0.2) is 0 Å². The number of rotatable bonds is 29. The summed E-state index contributed by atoms with van der Waals surface area (Å²) in [7, 11) is 0. The molecule has 5 aromatic rings. The fraction of sp³-hybridized carbons (Fsp3) is 0.699. The van der Waals surface area contributed by atoms with E-state index in [-0.39, 0.29) is 92.9 Å². The molecule has 0 spiro atoms. The Morgan fingerprint density at radius 3 is 1.11 bits per heavy atom. The number of ether oxygens (including phenoxy) is 6. The highest BCUT2D eigenvalue weighted by molar-refractivity contribution is 5.83. The van der Waals surface area contributed by atoms with Crippen molar-refractivity contribution < 1.29 is 101 Å². The van der Waals surface area contributed by atoms with Crippen LogP contribution in [0.15, 0.2) is 115 Å². The zero-order chi connectivity index (χ0) is 102. The van der Waals surface area contributed by atoms with Gasteiger partial charge in [-0.15, -0.1) is 0 Å². The minimum absolute atomic E-state index is 0. The molecule has 0 amide bonds. The van der Waals surface area contributed by atoms with Crippen molar-refractivity contribution in [2.24, 2.45) is 32.5 Å². The van der Waals surface area contributed by atoms with Crippen LogP contribution in [0.3, 0.4) is 0 Å². The monoisotopic (exact) mass is 1930 g/mol. The molecular weight excluding hydrogens is 1740 g/mol. The number of hydrogen-bond acceptors (Lipinski definition) is 12. The van der Waals surface area contributed by atoms with Gasteiger partial charge in [0.2, 0.25) is 0 Å². The van der Waals surface area contributed by atoms with Crippen LogP contribution in [0.1, 0.15) is 452 Å². The third-order valence-corrected chi connectivity index (χ3v) is 25.7. The Kier molecular flexibility index (Phi) is 58.3. The zero-order valence-electron chi connectivity index (χ0n) is 86.8. The Labute approximate surface area is 813 Å². The molecule has 780 valence electrons. The lowest BCUT2D eigenvalue weighted by Gasteiger charge is -2.45. The number of unbranched alkanes of at least 4 members (excludes halogenated alkanes) is 2. The van der Waals surface area contributed by atoms with Gasteiger partial charge in [0.25, 0.3) is 0 Å². The maximum atomic E-state index is 14.1. The van der Waals surface area contributed by atoms with Gasteiger partial charge >= 0.3 is 65.6 Å². The molecule has 0 bridgehead atoms. The largest absolute Gasteiger partial charge is 0.460 e. The third kappa shape index (κ3) is 43.8. The molecule has 4 unspecified atom stereocenters. The van der Waals surface area contributed by atoms with Gasteiger partial charge in [0, 0.05) is 12.8 Å². The molecule has 5 aromatic carbocycles. The van der Waals surface area contributed by atoms with E-state index in [1.165, 1.54) is 124 Å². The van der Waals surface area contributed by atoms with Gasteiger partial charge in [-0.3, -0.25) is 28.8 Å². The van der Waals surface area contributed by atoms with Crippen molar-refractivity contribution in [1.82, 2.24) is 0 Å². The second-order valence-electron chi connectivity index (χ2n) is 42.3. The summed E-state index contributed by atoms with van der Waals surface area (Å²) < 4.78 is 160. The van der Waals surface area contributed by atoms with Crippen LogP contribution in [0.4, 0.5) is 43.9 Å². The average Bonchev–Trinajstić information content (AvgIpc) is 0.955. The summed E-state index contributed by atoms with van der Waals surface area (Å²) in [6.45, 7) is 67.4. The Bertz CT molecular complexity index is 4190. The second kappa shape index (κ2) is 57.9. The average molecular weight is 1930 g/mol. The highest BCUT2D eigenvalue weighted by Crippen LogP contribution is 2.60. The molecule has 0 saturated heterocycles. The summed E-state index contributed by atoms with van der Waals surface area (Å²) in [5.74, 6) is -20.8. The van der Waals surface area contributed by atoms with E-state index in [0.717, 1.165) is 51.9 Å². The number of fused-ring (bicyclic) bond motifs is 1. The van der Waals surface area contributed by atoms with Gasteiger partial charge in [-0.2, -0.15) is 43.9 Å².